The van der Waals surface area contributed by atoms with Gasteiger partial charge in [0.15, 0.2) is 0 Å². The van der Waals surface area contributed by atoms with Gasteiger partial charge in [-0.15, -0.1) is 0 Å². The summed E-state index contributed by atoms with van der Waals surface area (Å²) in [6.45, 7) is 2.36. The lowest BCUT2D eigenvalue weighted by Crippen LogP contribution is -2.26. The van der Waals surface area contributed by atoms with Crippen molar-refractivity contribution < 1.29 is 9.53 Å². The van der Waals surface area contributed by atoms with E-state index in [1.54, 1.807) is 24.3 Å². The van der Waals surface area contributed by atoms with Crippen molar-refractivity contribution in [1.82, 2.24) is 20.1 Å². The number of rotatable bonds is 6. The zero-order valence-electron chi connectivity index (χ0n) is 17.9. The van der Waals surface area contributed by atoms with E-state index in [4.69, 9.17) is 16.3 Å². The van der Waals surface area contributed by atoms with Crippen LogP contribution in [0.25, 0.3) is 22.0 Å². The van der Waals surface area contributed by atoms with Gasteiger partial charge in [-0.1, -0.05) is 23.7 Å². The van der Waals surface area contributed by atoms with Crippen LogP contribution in [0.2, 0.25) is 5.02 Å². The molecule has 1 saturated carbocycles. The third-order valence-electron chi connectivity index (χ3n) is 5.70. The zero-order chi connectivity index (χ0) is 22.2. The molecule has 1 N–H and O–H groups in total. The second-order valence-electron chi connectivity index (χ2n) is 8.23. The number of carbonyl (C=O) groups is 1. The Labute approximate surface area is 191 Å². The highest BCUT2D eigenvalue weighted by Crippen LogP contribution is 2.36. The second kappa shape index (κ2) is 8.28. The maximum atomic E-state index is 13.2. The fourth-order valence-electron chi connectivity index (χ4n) is 3.79. The van der Waals surface area contributed by atoms with Crippen molar-refractivity contribution in [3.8, 4) is 16.9 Å². The number of aromatic amines is 1. The predicted octanol–water partition coefficient (Wildman–Crippen LogP) is 5.40. The fraction of sp³-hybridized carbons (Fsp3) is 0.240. The van der Waals surface area contributed by atoms with Crippen LogP contribution in [0, 0.1) is 6.92 Å². The molecule has 2 heterocycles. The Morgan fingerprint density at radius 3 is 2.84 bits per heavy atom. The van der Waals surface area contributed by atoms with Gasteiger partial charge in [-0.05, 0) is 55.7 Å². The number of nitrogens with zero attached hydrogens (tertiary/aromatic N) is 3. The van der Waals surface area contributed by atoms with E-state index in [0.717, 1.165) is 46.1 Å². The predicted molar refractivity (Wildman–Crippen MR) is 125 cm³/mol. The van der Waals surface area contributed by atoms with Crippen molar-refractivity contribution in [2.45, 2.75) is 32.4 Å². The van der Waals surface area contributed by atoms with Gasteiger partial charge in [-0.2, -0.15) is 5.10 Å². The van der Waals surface area contributed by atoms with Crippen LogP contribution in [0.1, 0.15) is 34.5 Å². The molecule has 1 amide bonds. The van der Waals surface area contributed by atoms with Crippen LogP contribution in [0.5, 0.6) is 5.75 Å². The normalized spacial score (nSPS) is 13.3. The van der Waals surface area contributed by atoms with Gasteiger partial charge in [0.1, 0.15) is 5.75 Å². The van der Waals surface area contributed by atoms with Crippen LogP contribution in [-0.2, 0) is 6.54 Å². The summed E-state index contributed by atoms with van der Waals surface area (Å²) in [5, 5.41) is 8.78. The summed E-state index contributed by atoms with van der Waals surface area (Å²) >= 11 is 6.19. The Balaban J connectivity index is 1.43. The van der Waals surface area contributed by atoms with Crippen molar-refractivity contribution >= 4 is 28.4 Å². The molecule has 32 heavy (non-hydrogen) atoms. The highest BCUT2D eigenvalue weighted by molar-refractivity contribution is 6.30. The van der Waals surface area contributed by atoms with Gasteiger partial charge in [0, 0.05) is 52.6 Å². The van der Waals surface area contributed by atoms with E-state index < -0.39 is 0 Å². The van der Waals surface area contributed by atoms with E-state index >= 15 is 0 Å². The number of pyridine rings is 1. The molecule has 7 heteroatoms. The van der Waals surface area contributed by atoms with Gasteiger partial charge >= 0.3 is 0 Å². The Morgan fingerprint density at radius 1 is 1.22 bits per heavy atom. The fourth-order valence-corrected chi connectivity index (χ4v) is 3.98. The van der Waals surface area contributed by atoms with Crippen LogP contribution in [0.3, 0.4) is 0 Å². The number of aryl methyl sites for hydroxylation is 1. The number of benzene rings is 2. The van der Waals surface area contributed by atoms with Gasteiger partial charge in [0.05, 0.1) is 17.8 Å². The molecule has 4 aromatic rings. The Kier molecular flexibility index (Phi) is 5.31. The van der Waals surface area contributed by atoms with E-state index in [1.165, 1.54) is 0 Å². The summed E-state index contributed by atoms with van der Waals surface area (Å²) in [4.78, 5) is 19.4. The summed E-state index contributed by atoms with van der Waals surface area (Å²) in [6, 6.07) is 13.3. The number of amides is 1. The first-order valence-corrected chi connectivity index (χ1v) is 11.0. The minimum Gasteiger partial charge on any atom is -0.490 e. The molecule has 0 atom stereocenters. The number of hydrogen-bond acceptors (Lipinski definition) is 4. The minimum absolute atomic E-state index is 0.0865. The van der Waals surface area contributed by atoms with Gasteiger partial charge in [-0.25, -0.2) is 0 Å². The SMILES string of the molecule is Cc1ncc(CN(C)C(=O)c2ccc(-c3cccc(Cl)c3)c(OC3CC3)c2)c2[nH]ncc12. The van der Waals surface area contributed by atoms with E-state index in [9.17, 15) is 4.79 Å². The first kappa shape index (κ1) is 20.5. The largest absolute Gasteiger partial charge is 0.490 e. The third-order valence-corrected chi connectivity index (χ3v) is 5.94. The molecule has 0 spiro atoms. The number of hydrogen-bond donors (Lipinski definition) is 1. The maximum absolute atomic E-state index is 13.2. The molecule has 0 aliphatic heterocycles. The lowest BCUT2D eigenvalue weighted by atomic mass is 10.0. The molecular weight excluding hydrogens is 424 g/mol. The van der Waals surface area contributed by atoms with Crippen molar-refractivity contribution in [1.29, 1.82) is 0 Å². The van der Waals surface area contributed by atoms with E-state index in [2.05, 4.69) is 15.2 Å². The minimum atomic E-state index is -0.0865. The molecular formula is C25H23ClN4O2. The molecule has 2 aromatic heterocycles. The van der Waals surface area contributed by atoms with Crippen LogP contribution in [0.15, 0.2) is 54.9 Å². The molecule has 0 radical (unpaired) electrons. The van der Waals surface area contributed by atoms with Crippen molar-refractivity contribution in [3.05, 3.63) is 76.7 Å². The number of H-pyrrole nitrogens is 1. The average Bonchev–Trinajstić information content (AvgIpc) is 3.45. The number of halogens is 1. The molecule has 5 rings (SSSR count). The van der Waals surface area contributed by atoms with E-state index in [1.807, 2.05) is 49.4 Å². The summed E-state index contributed by atoms with van der Waals surface area (Å²) in [5.41, 5.74) is 5.21. The topological polar surface area (TPSA) is 71.1 Å². The Bertz CT molecular complexity index is 1310. The first-order valence-electron chi connectivity index (χ1n) is 10.6. The molecule has 1 fully saturated rings. The molecule has 0 saturated heterocycles. The van der Waals surface area contributed by atoms with Crippen LogP contribution >= 0.6 is 11.6 Å². The van der Waals surface area contributed by atoms with Gasteiger partial charge in [0.25, 0.3) is 5.91 Å². The summed E-state index contributed by atoms with van der Waals surface area (Å²) in [5.74, 6) is 0.624. The van der Waals surface area contributed by atoms with Crippen LogP contribution in [0.4, 0.5) is 0 Å². The van der Waals surface area contributed by atoms with Gasteiger partial charge in [-0.3, -0.25) is 14.9 Å². The number of aromatic nitrogens is 3. The van der Waals surface area contributed by atoms with Gasteiger partial charge < -0.3 is 9.64 Å². The lowest BCUT2D eigenvalue weighted by Gasteiger charge is -2.19. The summed E-state index contributed by atoms with van der Waals surface area (Å²) < 4.78 is 6.16. The highest BCUT2D eigenvalue weighted by atomic mass is 35.5. The lowest BCUT2D eigenvalue weighted by molar-refractivity contribution is 0.0785. The van der Waals surface area contributed by atoms with Crippen LogP contribution in [-0.4, -0.2) is 39.1 Å². The molecule has 0 unspecified atom stereocenters. The molecule has 1 aliphatic rings. The average molecular weight is 447 g/mol. The molecule has 0 bridgehead atoms. The molecule has 162 valence electrons. The number of carbonyl (C=O) groups excluding carboxylic acids is 1. The zero-order valence-corrected chi connectivity index (χ0v) is 18.7. The maximum Gasteiger partial charge on any atom is 0.254 e. The summed E-state index contributed by atoms with van der Waals surface area (Å²) in [6.07, 6.45) is 5.84. The van der Waals surface area contributed by atoms with Crippen molar-refractivity contribution in [2.75, 3.05) is 7.05 Å². The van der Waals surface area contributed by atoms with Crippen molar-refractivity contribution in [3.63, 3.8) is 0 Å². The van der Waals surface area contributed by atoms with E-state index in [-0.39, 0.29) is 12.0 Å². The van der Waals surface area contributed by atoms with Crippen LogP contribution < -0.4 is 4.74 Å². The standard InChI is InChI=1S/C25H23ClN4O2/c1-15-22-13-28-29-24(22)18(12-27-15)14-30(2)25(31)17-6-9-21(16-4-3-5-19(26)10-16)23(11-17)32-20-7-8-20/h3-6,9-13,20H,7-8,14H2,1-2H3,(H,28,29). The summed E-state index contributed by atoms with van der Waals surface area (Å²) in [7, 11) is 1.79. The molecule has 1 aliphatic carbocycles. The smallest absolute Gasteiger partial charge is 0.254 e. The highest BCUT2D eigenvalue weighted by Gasteiger charge is 2.26. The number of nitrogens with one attached hydrogen (secondary N) is 1. The monoisotopic (exact) mass is 446 g/mol. The number of ether oxygens (including phenoxy) is 1. The Morgan fingerprint density at radius 2 is 2.06 bits per heavy atom. The molecule has 6 nitrogen and oxygen atoms in total. The van der Waals surface area contributed by atoms with E-state index in [0.29, 0.717) is 22.9 Å². The Hall–Kier alpha value is -3.38. The quantitative estimate of drug-likeness (QED) is 0.430. The first-order chi connectivity index (χ1) is 15.5. The third kappa shape index (κ3) is 4.06. The second-order valence-corrected chi connectivity index (χ2v) is 8.66. The van der Waals surface area contributed by atoms with Gasteiger partial charge in [0.2, 0.25) is 0 Å². The number of fused-ring (bicyclic) bond motifs is 1. The van der Waals surface area contributed by atoms with Crippen molar-refractivity contribution in [2.24, 2.45) is 0 Å². The molecule has 2 aromatic carbocycles.